The molecule has 13 heteroatoms. The number of aryl methyl sites for hydroxylation is 1. The van der Waals surface area contributed by atoms with Crippen LogP contribution in [0.15, 0.2) is 182 Å². The minimum Gasteiger partial charge on any atom is -1.00 e. The molecule has 7 aromatic rings. The molecule has 0 aliphatic heterocycles. The van der Waals surface area contributed by atoms with Gasteiger partial charge < -0.3 is 9.81 Å². The van der Waals surface area contributed by atoms with Gasteiger partial charge in [0.1, 0.15) is 35.8 Å². The first kappa shape index (κ1) is 54.8. The fourth-order valence-corrected chi connectivity index (χ4v) is 5.45. The molecule has 0 amide bonds. The summed E-state index contributed by atoms with van der Waals surface area (Å²) in [5.41, 5.74) is 3.95. The van der Waals surface area contributed by atoms with Crippen LogP contribution in [0, 0.1) is 40.3 Å². The van der Waals surface area contributed by atoms with Gasteiger partial charge in [0, 0.05) is 27.5 Å². The highest BCUT2D eigenvalue weighted by molar-refractivity contribution is 7.46. The van der Waals surface area contributed by atoms with E-state index < -0.39 is 4.92 Å². The first-order valence-corrected chi connectivity index (χ1v) is 19.5. The third kappa shape index (κ3) is 25.8. The van der Waals surface area contributed by atoms with Crippen molar-refractivity contribution in [3.8, 4) is 0 Å². The summed E-state index contributed by atoms with van der Waals surface area (Å²) >= 11 is 0. The van der Waals surface area contributed by atoms with E-state index in [1.54, 1.807) is 24.3 Å². The number of aldehydes is 2. The Bertz CT molecular complexity index is 2200. The average molecular weight is 878 g/mol. The number of rotatable bonds is 7. The van der Waals surface area contributed by atoms with Gasteiger partial charge in [0.05, 0.1) is 11.5 Å². The van der Waals surface area contributed by atoms with E-state index in [0.717, 1.165) is 25.9 Å². The van der Waals surface area contributed by atoms with E-state index in [1.165, 1.54) is 101 Å². The molecule has 1 N–H and O–H groups in total. The van der Waals surface area contributed by atoms with E-state index in [1.807, 2.05) is 67.6 Å². The summed E-state index contributed by atoms with van der Waals surface area (Å²) < 4.78 is 49.0. The third-order valence-corrected chi connectivity index (χ3v) is 9.05. The zero-order chi connectivity index (χ0) is 43.3. The van der Waals surface area contributed by atoms with Gasteiger partial charge in [-0.15, -0.1) is 9.24 Å². The van der Waals surface area contributed by atoms with E-state index in [9.17, 15) is 37.3 Å². The summed E-state index contributed by atoms with van der Waals surface area (Å²) in [7, 11) is 3.39. The molecule has 6 nitrogen and oxygen atoms in total. The molecule has 326 valence electrons. The topological polar surface area (TPSA) is 97.5 Å². The molecule has 0 spiro atoms. The average Bonchev–Trinajstić information content (AvgIpc) is 3.27. The van der Waals surface area contributed by atoms with Crippen molar-refractivity contribution in [1.29, 1.82) is 0 Å². The Balaban J connectivity index is -0.000000338. The maximum Gasteiger partial charge on any atom is 0.269 e. The zero-order valence-electron chi connectivity index (χ0n) is 32.4. The van der Waals surface area contributed by atoms with Crippen molar-refractivity contribution < 1.29 is 46.2 Å². The molecule has 7 aromatic carbocycles. The molecular weight excluding hydrogens is 822 g/mol. The van der Waals surface area contributed by atoms with Crippen LogP contribution in [0.2, 0.25) is 0 Å². The molecule has 2 unspecified atom stereocenters. The van der Waals surface area contributed by atoms with E-state index >= 15 is 0 Å². The number of hydrogen-bond donors (Lipinski definition) is 1. The summed E-state index contributed by atoms with van der Waals surface area (Å²) in [5.74, 6) is -0.926. The highest BCUT2D eigenvalue weighted by Crippen LogP contribution is 2.18. The van der Waals surface area contributed by atoms with E-state index in [-0.39, 0.29) is 52.0 Å². The van der Waals surface area contributed by atoms with Gasteiger partial charge in [-0.2, -0.15) is 0 Å². The molecule has 0 bridgehead atoms. The van der Waals surface area contributed by atoms with Crippen molar-refractivity contribution in [1.82, 2.24) is 0 Å². The van der Waals surface area contributed by atoms with Crippen LogP contribution >= 0.6 is 17.8 Å². The summed E-state index contributed by atoms with van der Waals surface area (Å²) in [5, 5.41) is 21.2. The van der Waals surface area contributed by atoms with Crippen LogP contribution in [0.4, 0.5) is 23.2 Å². The number of hydrogen-bond acceptors (Lipinski definition) is 5. The molecule has 0 radical (unpaired) electrons. The molecule has 0 aliphatic rings. The van der Waals surface area contributed by atoms with Gasteiger partial charge in [-0.1, -0.05) is 119 Å². The largest absolute Gasteiger partial charge is 1.00 e. The fourth-order valence-electron chi connectivity index (χ4n) is 4.15. The summed E-state index contributed by atoms with van der Waals surface area (Å²) in [6.45, 7) is 1.90. The Hall–Kier alpha value is -6.25. The number of non-ortho nitro benzene ring substituents is 1. The number of halogens is 5. The highest BCUT2D eigenvalue weighted by atomic mass is 31.1. The molecule has 0 fully saturated rings. The third-order valence-electron chi connectivity index (χ3n) is 7.34. The van der Waals surface area contributed by atoms with Crippen molar-refractivity contribution in [3.05, 3.63) is 243 Å². The molecule has 0 saturated heterocycles. The quantitative estimate of drug-likeness (QED) is 0.0566. The number of nitro benzene ring substituents is 1. The Kier molecular flexibility index (Phi) is 29.2. The van der Waals surface area contributed by atoms with E-state index in [2.05, 4.69) is 21.4 Å². The summed E-state index contributed by atoms with van der Waals surface area (Å²) in [6.07, 6.45) is 2.31. The first-order chi connectivity index (χ1) is 28.4. The molecule has 0 aromatic heterocycles. The summed E-state index contributed by atoms with van der Waals surface area (Å²) in [6, 6.07) is 50.2. The van der Waals surface area contributed by atoms with Gasteiger partial charge in [-0.3, -0.25) is 19.7 Å². The van der Waals surface area contributed by atoms with Gasteiger partial charge in [0.2, 0.25) is 0 Å². The maximum atomic E-state index is 12.7. The number of aliphatic hydroxyl groups excluding tert-OH is 1. The Morgan fingerprint density at radius 2 is 0.967 bits per heavy atom. The standard InChI is InChI=1S/C13H12FP.C7H7FO.C7H5FO.C7H7F.C7H5NO3.C6H7P.CH4.FH.3H2/c14-12-8-6-11(7-9-12)10-15-13-4-2-1-3-5-13;2*8-7-3-1-6(5-9)2-4-7;1-6-2-4-7(8)5-3-6;9-5-6-1-3-7(4-2-6)8(10)11;7-6-4-2-1-3-5-6;;;;;/h1-9,15H,10H2;1-4,9H,5H2;1-5H;2-5H,1H3;1-5H;1-5H,7H2;1H4;4*1H/p-1/i14-1;3*8-1;;;;1-1;2*1+1;. The predicted octanol–water partition coefficient (Wildman–Crippen LogP) is 9.39. The number of nitrogens with zero attached hydrogens (tertiary/aromatic N) is 1. The van der Waals surface area contributed by atoms with Crippen LogP contribution in [0.3, 0.4) is 0 Å². The van der Waals surface area contributed by atoms with Crippen LogP contribution in [0.25, 0.3) is 0 Å². The predicted molar refractivity (Wildman–Crippen MR) is 247 cm³/mol. The lowest BCUT2D eigenvalue weighted by Crippen LogP contribution is -3.00. The number of aliphatic hydroxyl groups is 1. The molecule has 2 atom stereocenters. The zero-order valence-corrected chi connectivity index (χ0v) is 34.5. The Morgan fingerprint density at radius 1 is 0.607 bits per heavy atom. The summed E-state index contributed by atoms with van der Waals surface area (Å²) in [4.78, 5) is 29.7. The van der Waals surface area contributed by atoms with Crippen molar-refractivity contribution in [2.45, 2.75) is 27.1 Å². The van der Waals surface area contributed by atoms with Crippen LogP contribution in [-0.4, -0.2) is 22.6 Å². The molecule has 0 saturated carbocycles. The second-order valence-electron chi connectivity index (χ2n) is 12.0. The first-order valence-electron chi connectivity index (χ1n) is 17.7. The van der Waals surface area contributed by atoms with E-state index in [0.29, 0.717) is 23.7 Å². The fraction of sp³-hybridized carbons (Fsp3) is 0.0833. The number of carbonyl (C=O) groups excluding carboxylic acids is 2. The van der Waals surface area contributed by atoms with Crippen LogP contribution in [0.5, 0.6) is 0 Å². The van der Waals surface area contributed by atoms with Crippen LogP contribution in [-0.2, 0) is 12.8 Å². The number of benzene rings is 7. The molecular formula is C48H53F5NO5P2-. The van der Waals surface area contributed by atoms with Gasteiger partial charge >= 0.3 is 0 Å². The second-order valence-corrected chi connectivity index (χ2v) is 13.9. The second kappa shape index (κ2) is 32.6. The smallest absolute Gasteiger partial charge is 0.269 e. The minimum absolute atomic E-state index is 0. The Labute approximate surface area is 362 Å². The van der Waals surface area contributed by atoms with Gasteiger partial charge in [-0.05, 0) is 108 Å². The number of carbonyl (C=O) groups is 2. The lowest BCUT2D eigenvalue weighted by Gasteiger charge is -2.01. The van der Waals surface area contributed by atoms with Gasteiger partial charge in [-0.25, -0.2) is 17.6 Å². The molecule has 61 heavy (non-hydrogen) atoms. The SMILES string of the molecule is C.Cc1ccc([18F])cc1.O=Cc1ccc([18F])cc1.O=Cc1ccc([N+](=O)[O-])cc1.OCc1ccc([18F])cc1.Pc1ccccc1.[18F-].[18F]c1ccc(CPc2ccccc2)cc1.[2HH].[2HH].[HH]. The maximum absolute atomic E-state index is 12.7. The van der Waals surface area contributed by atoms with Crippen molar-refractivity contribution in [2.75, 3.05) is 0 Å². The van der Waals surface area contributed by atoms with Crippen molar-refractivity contribution in [3.63, 3.8) is 0 Å². The number of nitro groups is 1. The Morgan fingerprint density at radius 3 is 1.31 bits per heavy atom. The van der Waals surface area contributed by atoms with Crippen molar-refractivity contribution >= 4 is 46.7 Å². The molecule has 0 aliphatic carbocycles. The van der Waals surface area contributed by atoms with Crippen molar-refractivity contribution in [2.24, 2.45) is 0 Å². The molecule has 0 heterocycles. The highest BCUT2D eigenvalue weighted by Gasteiger charge is 2.02. The van der Waals surface area contributed by atoms with Gasteiger partial charge in [0.25, 0.3) is 5.69 Å². The van der Waals surface area contributed by atoms with Crippen LogP contribution in [0.1, 0.15) is 49.1 Å². The lowest BCUT2D eigenvalue weighted by molar-refractivity contribution is -0.384. The van der Waals surface area contributed by atoms with Gasteiger partial charge in [0.15, 0.2) is 0 Å². The lowest BCUT2D eigenvalue weighted by atomic mass is 10.2. The van der Waals surface area contributed by atoms with Crippen LogP contribution < -0.4 is 15.3 Å². The minimum atomic E-state index is -0.505. The monoisotopic (exact) mass is 877 g/mol. The normalized spacial score (nSPS) is 9.30. The van der Waals surface area contributed by atoms with E-state index in [4.69, 9.17) is 5.11 Å². The molecule has 7 rings (SSSR count).